The predicted octanol–water partition coefficient (Wildman–Crippen LogP) is 3.06. The zero-order valence-corrected chi connectivity index (χ0v) is 13.6. The van der Waals surface area contributed by atoms with Crippen LogP contribution in [0.5, 0.6) is 5.75 Å². The van der Waals surface area contributed by atoms with Crippen molar-refractivity contribution in [3.05, 3.63) is 29.8 Å². The third kappa shape index (κ3) is 7.71. The quantitative estimate of drug-likeness (QED) is 0.800. The number of rotatable bonds is 8. The first-order chi connectivity index (χ1) is 9.80. The molecule has 0 aliphatic rings. The normalized spacial score (nSPS) is 11.7. The molecule has 0 unspecified atom stereocenters. The van der Waals surface area contributed by atoms with E-state index in [2.05, 4.69) is 37.8 Å². The molecule has 0 aliphatic carbocycles. The minimum atomic E-state index is -0.738. The first-order valence-corrected chi connectivity index (χ1v) is 7.37. The molecule has 0 fully saturated rings. The Morgan fingerprint density at radius 2 is 1.81 bits per heavy atom. The highest BCUT2D eigenvalue weighted by molar-refractivity contribution is 5.66. The largest absolute Gasteiger partial charge is 0.497 e. The SMILES string of the molecule is COc1ccc(CCN(CCC(=O)O)CC(C)(C)C)cc1. The Hall–Kier alpha value is -1.55. The van der Waals surface area contributed by atoms with E-state index in [-0.39, 0.29) is 11.8 Å². The average Bonchev–Trinajstić information content (AvgIpc) is 2.41. The van der Waals surface area contributed by atoms with Crippen LogP contribution in [0.3, 0.4) is 0 Å². The number of ether oxygens (including phenoxy) is 1. The molecule has 0 bridgehead atoms. The standard InChI is InChI=1S/C17H27NO3/c1-17(2,3)13-18(12-10-16(19)20)11-9-14-5-7-15(21-4)8-6-14/h5-8H,9-13H2,1-4H3,(H,19,20). The van der Waals surface area contributed by atoms with Gasteiger partial charge in [0.05, 0.1) is 13.5 Å². The molecule has 0 radical (unpaired) electrons. The van der Waals surface area contributed by atoms with Crippen LogP contribution in [-0.2, 0) is 11.2 Å². The van der Waals surface area contributed by atoms with E-state index >= 15 is 0 Å². The molecule has 1 aromatic carbocycles. The summed E-state index contributed by atoms with van der Waals surface area (Å²) in [5.41, 5.74) is 1.41. The molecule has 0 aliphatic heterocycles. The van der Waals surface area contributed by atoms with Crippen molar-refractivity contribution >= 4 is 5.97 Å². The number of benzene rings is 1. The van der Waals surface area contributed by atoms with Crippen LogP contribution < -0.4 is 4.74 Å². The summed E-state index contributed by atoms with van der Waals surface area (Å²) in [6, 6.07) is 8.04. The number of aliphatic carboxylic acids is 1. The molecule has 118 valence electrons. The highest BCUT2D eigenvalue weighted by Crippen LogP contribution is 2.17. The van der Waals surface area contributed by atoms with Gasteiger partial charge in [0.15, 0.2) is 0 Å². The number of carboxylic acid groups (broad SMARTS) is 1. The zero-order valence-electron chi connectivity index (χ0n) is 13.6. The second-order valence-electron chi connectivity index (χ2n) is 6.58. The third-order valence-electron chi connectivity index (χ3n) is 3.22. The number of carboxylic acids is 1. The lowest BCUT2D eigenvalue weighted by Gasteiger charge is -2.29. The Balaban J connectivity index is 2.55. The van der Waals surface area contributed by atoms with E-state index in [9.17, 15) is 4.79 Å². The molecular weight excluding hydrogens is 266 g/mol. The molecule has 0 saturated carbocycles. The fourth-order valence-corrected chi connectivity index (χ4v) is 2.27. The summed E-state index contributed by atoms with van der Waals surface area (Å²) in [5, 5.41) is 8.86. The molecule has 1 N–H and O–H groups in total. The summed E-state index contributed by atoms with van der Waals surface area (Å²) in [6.07, 6.45) is 1.11. The maximum Gasteiger partial charge on any atom is 0.304 e. The van der Waals surface area contributed by atoms with Crippen molar-refractivity contribution < 1.29 is 14.6 Å². The van der Waals surface area contributed by atoms with E-state index < -0.39 is 5.97 Å². The van der Waals surface area contributed by atoms with Crippen molar-refractivity contribution in [1.29, 1.82) is 0 Å². The molecule has 4 nitrogen and oxygen atoms in total. The van der Waals surface area contributed by atoms with Gasteiger partial charge in [-0.3, -0.25) is 4.79 Å². The van der Waals surface area contributed by atoms with Crippen LogP contribution in [0, 0.1) is 5.41 Å². The van der Waals surface area contributed by atoms with Gasteiger partial charge in [-0.1, -0.05) is 32.9 Å². The number of carbonyl (C=O) groups is 1. The molecule has 0 aromatic heterocycles. The molecule has 0 spiro atoms. The van der Waals surface area contributed by atoms with Crippen LogP contribution in [0.1, 0.15) is 32.8 Å². The van der Waals surface area contributed by atoms with E-state index in [1.165, 1.54) is 5.56 Å². The Morgan fingerprint density at radius 1 is 1.19 bits per heavy atom. The van der Waals surface area contributed by atoms with E-state index in [1.54, 1.807) is 7.11 Å². The van der Waals surface area contributed by atoms with Gasteiger partial charge in [0, 0.05) is 19.6 Å². The smallest absolute Gasteiger partial charge is 0.304 e. The van der Waals surface area contributed by atoms with E-state index in [1.807, 2.05) is 12.1 Å². The monoisotopic (exact) mass is 293 g/mol. The van der Waals surface area contributed by atoms with Crippen LogP contribution in [-0.4, -0.2) is 42.7 Å². The van der Waals surface area contributed by atoms with Gasteiger partial charge < -0.3 is 14.7 Å². The summed E-state index contributed by atoms with van der Waals surface area (Å²) < 4.78 is 5.15. The van der Waals surface area contributed by atoms with E-state index in [0.717, 1.165) is 25.3 Å². The first-order valence-electron chi connectivity index (χ1n) is 7.37. The van der Waals surface area contributed by atoms with Crippen molar-refractivity contribution in [1.82, 2.24) is 4.90 Å². The molecular formula is C17H27NO3. The number of methoxy groups -OCH3 is 1. The van der Waals surface area contributed by atoms with Crippen LogP contribution in [0.4, 0.5) is 0 Å². The molecule has 0 saturated heterocycles. The maximum absolute atomic E-state index is 10.8. The van der Waals surface area contributed by atoms with Gasteiger partial charge in [-0.05, 0) is 29.5 Å². The Labute approximate surface area is 127 Å². The van der Waals surface area contributed by atoms with Gasteiger partial charge in [-0.25, -0.2) is 0 Å². The summed E-state index contributed by atoms with van der Waals surface area (Å²) in [6.45, 7) is 8.90. The molecule has 1 rings (SSSR count). The minimum Gasteiger partial charge on any atom is -0.497 e. The van der Waals surface area contributed by atoms with Gasteiger partial charge in [0.1, 0.15) is 5.75 Å². The van der Waals surface area contributed by atoms with Crippen molar-refractivity contribution in [2.75, 3.05) is 26.7 Å². The van der Waals surface area contributed by atoms with E-state index in [4.69, 9.17) is 9.84 Å². The number of hydrogen-bond acceptors (Lipinski definition) is 3. The molecule has 4 heteroatoms. The highest BCUT2D eigenvalue weighted by Gasteiger charge is 2.17. The van der Waals surface area contributed by atoms with Crippen LogP contribution >= 0.6 is 0 Å². The van der Waals surface area contributed by atoms with Crippen molar-refractivity contribution in [3.63, 3.8) is 0 Å². The number of hydrogen-bond donors (Lipinski definition) is 1. The Kier molecular flexibility index (Phi) is 6.69. The predicted molar refractivity (Wildman–Crippen MR) is 84.8 cm³/mol. The highest BCUT2D eigenvalue weighted by atomic mass is 16.5. The van der Waals surface area contributed by atoms with Gasteiger partial charge in [0.25, 0.3) is 0 Å². The molecule has 1 aromatic rings. The van der Waals surface area contributed by atoms with Crippen molar-refractivity contribution in [2.24, 2.45) is 5.41 Å². The van der Waals surface area contributed by atoms with Gasteiger partial charge in [-0.15, -0.1) is 0 Å². The third-order valence-corrected chi connectivity index (χ3v) is 3.22. The van der Waals surface area contributed by atoms with Crippen molar-refractivity contribution in [2.45, 2.75) is 33.6 Å². The average molecular weight is 293 g/mol. The summed E-state index contributed by atoms with van der Waals surface area (Å²) in [7, 11) is 1.66. The first kappa shape index (κ1) is 17.5. The maximum atomic E-state index is 10.8. The summed E-state index contributed by atoms with van der Waals surface area (Å²) in [4.78, 5) is 13.0. The number of nitrogens with zero attached hydrogens (tertiary/aromatic N) is 1. The molecule has 0 amide bonds. The lowest BCUT2D eigenvalue weighted by molar-refractivity contribution is -0.137. The fourth-order valence-electron chi connectivity index (χ4n) is 2.27. The van der Waals surface area contributed by atoms with E-state index in [0.29, 0.717) is 6.54 Å². The van der Waals surface area contributed by atoms with Gasteiger partial charge >= 0.3 is 5.97 Å². The fraction of sp³-hybridized carbons (Fsp3) is 0.588. The zero-order chi connectivity index (χ0) is 15.9. The molecule has 0 atom stereocenters. The lowest BCUT2D eigenvalue weighted by atomic mass is 9.95. The summed E-state index contributed by atoms with van der Waals surface area (Å²) in [5.74, 6) is 0.120. The molecule has 21 heavy (non-hydrogen) atoms. The van der Waals surface area contributed by atoms with Crippen LogP contribution in [0.15, 0.2) is 24.3 Å². The topological polar surface area (TPSA) is 49.8 Å². The molecule has 0 heterocycles. The Morgan fingerprint density at radius 3 is 2.29 bits per heavy atom. The lowest BCUT2D eigenvalue weighted by Crippen LogP contribution is -2.35. The van der Waals surface area contributed by atoms with Gasteiger partial charge in [0.2, 0.25) is 0 Å². The summed E-state index contributed by atoms with van der Waals surface area (Å²) >= 11 is 0. The second-order valence-corrected chi connectivity index (χ2v) is 6.58. The van der Waals surface area contributed by atoms with Crippen LogP contribution in [0.25, 0.3) is 0 Å². The minimum absolute atomic E-state index is 0.165. The van der Waals surface area contributed by atoms with Crippen LogP contribution in [0.2, 0.25) is 0 Å². The van der Waals surface area contributed by atoms with Gasteiger partial charge in [-0.2, -0.15) is 0 Å². The second kappa shape index (κ2) is 8.03. The Bertz CT molecular complexity index is 434. The van der Waals surface area contributed by atoms with Crippen molar-refractivity contribution in [3.8, 4) is 5.75 Å².